The molecule has 0 spiro atoms. The molecular weight excluding hydrogens is 519 g/mol. The summed E-state index contributed by atoms with van der Waals surface area (Å²) < 4.78 is 47.2. The van der Waals surface area contributed by atoms with E-state index in [0.29, 0.717) is 21.1 Å². The lowest BCUT2D eigenvalue weighted by Crippen LogP contribution is -2.40. The van der Waals surface area contributed by atoms with E-state index >= 15 is 0 Å². The molecule has 0 aliphatic carbocycles. The van der Waals surface area contributed by atoms with Crippen LogP contribution in [0.1, 0.15) is 11.1 Å². The van der Waals surface area contributed by atoms with Crippen LogP contribution in [-0.4, -0.2) is 39.2 Å². The first-order chi connectivity index (χ1) is 17.7. The largest absolute Gasteiger partial charge is 0.497 e. The van der Waals surface area contributed by atoms with Gasteiger partial charge in [0, 0.05) is 17.0 Å². The molecule has 0 atom stereocenters. The van der Waals surface area contributed by atoms with Crippen LogP contribution < -0.4 is 14.5 Å². The minimum Gasteiger partial charge on any atom is -0.497 e. The van der Waals surface area contributed by atoms with Crippen LogP contribution in [0.3, 0.4) is 0 Å². The van der Waals surface area contributed by atoms with E-state index in [9.17, 15) is 17.6 Å². The van der Waals surface area contributed by atoms with Crippen molar-refractivity contribution in [2.24, 2.45) is 5.10 Å². The minimum atomic E-state index is -4.26. The Balaban J connectivity index is 1.56. The number of aryl methyl sites for hydroxylation is 1. The second-order valence-corrected chi connectivity index (χ2v) is 10.2. The van der Waals surface area contributed by atoms with Crippen LogP contribution in [0.15, 0.2) is 82.8 Å². The summed E-state index contributed by atoms with van der Waals surface area (Å²) in [6.07, 6.45) is 1.29. The number of fused-ring (bicyclic) bond motifs is 1. The van der Waals surface area contributed by atoms with Gasteiger partial charge in [0.05, 0.1) is 29.4 Å². The van der Waals surface area contributed by atoms with Gasteiger partial charge in [0.15, 0.2) is 0 Å². The van der Waals surface area contributed by atoms with Crippen LogP contribution in [0.5, 0.6) is 5.75 Å². The molecule has 3 aromatic carbocycles. The molecule has 0 bridgehead atoms. The average molecular weight is 541 g/mol. The van der Waals surface area contributed by atoms with Gasteiger partial charge in [-0.2, -0.15) is 5.10 Å². The predicted octanol–water partition coefficient (Wildman–Crippen LogP) is 4.69. The molecule has 0 fully saturated rings. The smallest absolute Gasteiger partial charge is 0.264 e. The van der Waals surface area contributed by atoms with E-state index in [-0.39, 0.29) is 15.7 Å². The van der Waals surface area contributed by atoms with Gasteiger partial charge in [0.25, 0.3) is 15.9 Å². The Hall–Kier alpha value is -4.02. The number of benzene rings is 3. The fourth-order valence-corrected chi connectivity index (χ4v) is 5.11. The quantitative estimate of drug-likeness (QED) is 0.198. The van der Waals surface area contributed by atoms with Crippen molar-refractivity contribution in [2.45, 2.75) is 11.8 Å². The molecular formula is C26H22ClFN4O4S. The summed E-state index contributed by atoms with van der Waals surface area (Å²) in [4.78, 5) is 16.9. The lowest BCUT2D eigenvalue weighted by atomic mass is 10.1. The van der Waals surface area contributed by atoms with Crippen LogP contribution in [-0.2, 0) is 14.8 Å². The summed E-state index contributed by atoms with van der Waals surface area (Å²) in [6.45, 7) is 1.10. The molecule has 0 aliphatic heterocycles. The van der Waals surface area contributed by atoms with Crippen LogP contribution in [0.4, 0.5) is 10.1 Å². The lowest BCUT2D eigenvalue weighted by molar-refractivity contribution is -0.119. The summed E-state index contributed by atoms with van der Waals surface area (Å²) >= 11 is 6.25. The number of pyridine rings is 1. The third kappa shape index (κ3) is 5.87. The highest BCUT2D eigenvalue weighted by molar-refractivity contribution is 7.92. The normalized spacial score (nSPS) is 11.6. The first-order valence-corrected chi connectivity index (χ1v) is 12.8. The van der Waals surface area contributed by atoms with Crippen molar-refractivity contribution in [1.29, 1.82) is 0 Å². The summed E-state index contributed by atoms with van der Waals surface area (Å²) in [6, 6.07) is 18.4. The molecule has 8 nitrogen and oxygen atoms in total. The molecule has 4 rings (SSSR count). The number of carbonyl (C=O) groups is 1. The highest BCUT2D eigenvalue weighted by atomic mass is 35.5. The summed E-state index contributed by atoms with van der Waals surface area (Å²) in [5.41, 5.74) is 3.91. The summed E-state index contributed by atoms with van der Waals surface area (Å²) in [5.74, 6) is -0.949. The Morgan fingerprint density at radius 1 is 1.14 bits per heavy atom. The lowest BCUT2D eigenvalue weighted by Gasteiger charge is -2.24. The number of anilines is 1. The second-order valence-electron chi connectivity index (χ2n) is 8.00. The van der Waals surface area contributed by atoms with Crippen LogP contribution in [0, 0.1) is 12.7 Å². The average Bonchev–Trinajstić information content (AvgIpc) is 2.88. The van der Waals surface area contributed by atoms with Gasteiger partial charge in [0.2, 0.25) is 0 Å². The van der Waals surface area contributed by atoms with Gasteiger partial charge < -0.3 is 4.74 Å². The maximum atomic E-state index is 14.6. The fraction of sp³-hybridized carbons (Fsp3) is 0.115. The van der Waals surface area contributed by atoms with Gasteiger partial charge in [-0.25, -0.2) is 23.2 Å². The Morgan fingerprint density at radius 2 is 1.86 bits per heavy atom. The number of ether oxygens (including phenoxy) is 1. The molecule has 1 heterocycles. The number of rotatable bonds is 8. The van der Waals surface area contributed by atoms with Crippen LogP contribution >= 0.6 is 11.6 Å². The molecule has 0 saturated carbocycles. The number of carbonyl (C=O) groups excluding carboxylic acids is 1. The van der Waals surface area contributed by atoms with Gasteiger partial charge in [-0.1, -0.05) is 41.4 Å². The number of methoxy groups -OCH3 is 1. The zero-order valence-corrected chi connectivity index (χ0v) is 21.4. The van der Waals surface area contributed by atoms with E-state index in [2.05, 4.69) is 15.5 Å². The fourth-order valence-electron chi connectivity index (χ4n) is 3.49. The van der Waals surface area contributed by atoms with Crippen molar-refractivity contribution >= 4 is 50.3 Å². The maximum Gasteiger partial charge on any atom is 0.264 e. The zero-order chi connectivity index (χ0) is 26.6. The SMILES string of the molecule is COc1ccc2cc(/C=N\NC(=O)CN(c3ccccc3F)S(=O)(=O)c3ccc(C)cc3)c(Cl)nc2c1. The van der Waals surface area contributed by atoms with Gasteiger partial charge in [0.1, 0.15) is 23.3 Å². The van der Waals surface area contributed by atoms with E-state index < -0.39 is 28.3 Å². The highest BCUT2D eigenvalue weighted by Gasteiger charge is 2.29. The molecule has 11 heteroatoms. The highest BCUT2D eigenvalue weighted by Crippen LogP contribution is 2.26. The van der Waals surface area contributed by atoms with Crippen molar-refractivity contribution in [3.63, 3.8) is 0 Å². The number of hydrazone groups is 1. The standard InChI is InChI=1S/C26H22ClFN4O4S/c1-17-7-11-21(12-8-17)37(34,35)32(24-6-4-3-5-22(24)28)16-25(33)31-29-15-19-13-18-9-10-20(36-2)14-23(18)30-26(19)27/h3-15H,16H2,1-2H3,(H,31,33)/b29-15-. The minimum absolute atomic E-state index is 0.0803. The number of para-hydroxylation sites is 1. The number of hydrogen-bond acceptors (Lipinski definition) is 6. The van der Waals surface area contributed by atoms with Crippen molar-refractivity contribution in [2.75, 3.05) is 18.0 Å². The molecule has 1 amide bonds. The molecule has 0 unspecified atom stereocenters. The van der Waals surface area contributed by atoms with E-state index in [1.165, 1.54) is 36.5 Å². The van der Waals surface area contributed by atoms with E-state index in [1.807, 2.05) is 6.92 Å². The Morgan fingerprint density at radius 3 is 2.57 bits per heavy atom. The predicted molar refractivity (Wildman–Crippen MR) is 141 cm³/mol. The van der Waals surface area contributed by atoms with Crippen LogP contribution in [0.25, 0.3) is 10.9 Å². The van der Waals surface area contributed by atoms with Gasteiger partial charge in [-0.05, 0) is 49.4 Å². The Bertz CT molecular complexity index is 1590. The monoisotopic (exact) mass is 540 g/mol. The molecule has 37 heavy (non-hydrogen) atoms. The third-order valence-electron chi connectivity index (χ3n) is 5.42. The van der Waals surface area contributed by atoms with E-state index in [4.69, 9.17) is 16.3 Å². The molecule has 4 aromatic rings. The van der Waals surface area contributed by atoms with Crippen molar-refractivity contribution in [3.05, 3.63) is 94.9 Å². The molecule has 0 saturated heterocycles. The molecule has 0 aliphatic rings. The van der Waals surface area contributed by atoms with Crippen molar-refractivity contribution in [1.82, 2.24) is 10.4 Å². The molecule has 1 aromatic heterocycles. The van der Waals surface area contributed by atoms with Gasteiger partial charge in [-0.15, -0.1) is 0 Å². The number of nitrogens with zero attached hydrogens (tertiary/aromatic N) is 3. The number of sulfonamides is 1. The Kier molecular flexibility index (Phi) is 7.70. The van der Waals surface area contributed by atoms with Crippen molar-refractivity contribution in [3.8, 4) is 5.75 Å². The zero-order valence-electron chi connectivity index (χ0n) is 19.9. The number of halogens is 2. The summed E-state index contributed by atoms with van der Waals surface area (Å²) in [7, 11) is -2.72. The number of hydrogen-bond donors (Lipinski definition) is 1. The third-order valence-corrected chi connectivity index (χ3v) is 7.49. The van der Waals surface area contributed by atoms with E-state index in [0.717, 1.165) is 17.0 Å². The van der Waals surface area contributed by atoms with Crippen LogP contribution in [0.2, 0.25) is 5.15 Å². The Labute approximate surface area is 218 Å². The summed E-state index contributed by atoms with van der Waals surface area (Å²) in [5, 5.41) is 4.81. The molecule has 1 N–H and O–H groups in total. The number of nitrogens with one attached hydrogen (secondary N) is 1. The van der Waals surface area contributed by atoms with Gasteiger partial charge in [-0.3, -0.25) is 9.10 Å². The molecule has 0 radical (unpaired) electrons. The van der Waals surface area contributed by atoms with E-state index in [1.54, 1.807) is 43.5 Å². The topological polar surface area (TPSA) is 101 Å². The van der Waals surface area contributed by atoms with Crippen molar-refractivity contribution < 1.29 is 22.3 Å². The molecule has 190 valence electrons. The van der Waals surface area contributed by atoms with Gasteiger partial charge >= 0.3 is 0 Å². The second kappa shape index (κ2) is 10.9. The first-order valence-electron chi connectivity index (χ1n) is 11.0. The maximum absolute atomic E-state index is 14.6. The number of aromatic nitrogens is 1. The number of amides is 1. The first kappa shape index (κ1) is 26.1.